The van der Waals surface area contributed by atoms with E-state index in [1.54, 1.807) is 0 Å². The zero-order valence-corrected chi connectivity index (χ0v) is 9.33. The molecule has 1 saturated heterocycles. The molecule has 4 heteroatoms. The number of amidine groups is 1. The van der Waals surface area contributed by atoms with E-state index in [0.717, 1.165) is 17.3 Å². The highest BCUT2D eigenvalue weighted by Gasteiger charge is 2.20. The molecule has 80 valence electrons. The Morgan fingerprint density at radius 1 is 1.40 bits per heavy atom. The standard InChI is InChI=1S/C11H15N3S/c12-14-11(9-6-7-15-8-9)13-10-4-2-1-3-5-10/h1-5,9H,6-8,12H2,(H,13,14). The Kier molecular flexibility index (Phi) is 3.64. The summed E-state index contributed by atoms with van der Waals surface area (Å²) >= 11 is 1.96. The molecule has 1 fully saturated rings. The van der Waals surface area contributed by atoms with Gasteiger partial charge in [0, 0.05) is 11.7 Å². The van der Waals surface area contributed by atoms with Crippen molar-refractivity contribution in [2.75, 3.05) is 11.5 Å². The van der Waals surface area contributed by atoms with Gasteiger partial charge in [-0.1, -0.05) is 18.2 Å². The van der Waals surface area contributed by atoms with Gasteiger partial charge in [0.15, 0.2) is 0 Å². The van der Waals surface area contributed by atoms with Crippen LogP contribution in [0.5, 0.6) is 0 Å². The number of hydrogen-bond donors (Lipinski definition) is 2. The zero-order chi connectivity index (χ0) is 10.5. The predicted molar refractivity (Wildman–Crippen MR) is 66.3 cm³/mol. The van der Waals surface area contributed by atoms with E-state index in [-0.39, 0.29) is 0 Å². The van der Waals surface area contributed by atoms with Gasteiger partial charge in [-0.3, -0.25) is 0 Å². The summed E-state index contributed by atoms with van der Waals surface area (Å²) in [6, 6.07) is 9.92. The SMILES string of the molecule is NNC(=Nc1ccccc1)C1CCSC1. The molecule has 1 unspecified atom stereocenters. The maximum Gasteiger partial charge on any atom is 0.120 e. The fourth-order valence-electron chi connectivity index (χ4n) is 1.63. The van der Waals surface area contributed by atoms with E-state index in [2.05, 4.69) is 10.4 Å². The van der Waals surface area contributed by atoms with Gasteiger partial charge < -0.3 is 5.43 Å². The molecule has 0 radical (unpaired) electrons. The highest BCUT2D eigenvalue weighted by atomic mass is 32.2. The lowest BCUT2D eigenvalue weighted by Gasteiger charge is -2.11. The average Bonchev–Trinajstić information content (AvgIpc) is 2.81. The van der Waals surface area contributed by atoms with Crippen molar-refractivity contribution < 1.29 is 0 Å². The molecule has 0 aliphatic carbocycles. The summed E-state index contributed by atoms with van der Waals surface area (Å²) in [5, 5.41) is 0. The second-order valence-electron chi connectivity index (χ2n) is 3.54. The van der Waals surface area contributed by atoms with Crippen molar-refractivity contribution in [3.8, 4) is 0 Å². The molecule has 1 aliphatic heterocycles. The van der Waals surface area contributed by atoms with Crippen LogP contribution in [0, 0.1) is 5.92 Å². The van der Waals surface area contributed by atoms with Gasteiger partial charge in [-0.2, -0.15) is 11.8 Å². The number of para-hydroxylation sites is 1. The fraction of sp³-hybridized carbons (Fsp3) is 0.364. The van der Waals surface area contributed by atoms with E-state index < -0.39 is 0 Å². The third kappa shape index (κ3) is 2.73. The number of nitrogens with one attached hydrogen (secondary N) is 1. The van der Waals surface area contributed by atoms with Gasteiger partial charge in [0.25, 0.3) is 0 Å². The van der Waals surface area contributed by atoms with Crippen LogP contribution in [0.1, 0.15) is 6.42 Å². The van der Waals surface area contributed by atoms with Gasteiger partial charge in [0.05, 0.1) is 5.69 Å². The largest absolute Gasteiger partial charge is 0.312 e. The van der Waals surface area contributed by atoms with Crippen molar-refractivity contribution >= 4 is 23.3 Å². The summed E-state index contributed by atoms with van der Waals surface area (Å²) in [7, 11) is 0. The monoisotopic (exact) mass is 221 g/mol. The Labute approximate surface area is 94.1 Å². The number of benzene rings is 1. The van der Waals surface area contributed by atoms with Crippen molar-refractivity contribution in [2.24, 2.45) is 16.8 Å². The number of nitrogens with two attached hydrogens (primary N) is 1. The van der Waals surface area contributed by atoms with Crippen molar-refractivity contribution in [3.05, 3.63) is 30.3 Å². The van der Waals surface area contributed by atoms with Crippen molar-refractivity contribution in [3.63, 3.8) is 0 Å². The Balaban J connectivity index is 2.15. The summed E-state index contributed by atoms with van der Waals surface area (Å²) in [6.07, 6.45) is 1.17. The molecule has 1 aromatic carbocycles. The second-order valence-corrected chi connectivity index (χ2v) is 4.69. The number of hydrazine groups is 1. The van der Waals surface area contributed by atoms with E-state index in [0.29, 0.717) is 5.92 Å². The minimum atomic E-state index is 0.486. The summed E-state index contributed by atoms with van der Waals surface area (Å²) in [5.41, 5.74) is 3.69. The number of aliphatic imine (C=N–C) groups is 1. The minimum Gasteiger partial charge on any atom is -0.312 e. The summed E-state index contributed by atoms with van der Waals surface area (Å²) < 4.78 is 0. The maximum absolute atomic E-state index is 5.51. The minimum absolute atomic E-state index is 0.486. The third-order valence-corrected chi connectivity index (χ3v) is 3.63. The summed E-state index contributed by atoms with van der Waals surface area (Å²) in [6.45, 7) is 0. The molecule has 1 heterocycles. The molecule has 2 rings (SSSR count). The van der Waals surface area contributed by atoms with Crippen LogP contribution >= 0.6 is 11.8 Å². The van der Waals surface area contributed by atoms with E-state index >= 15 is 0 Å². The van der Waals surface area contributed by atoms with Crippen LogP contribution in [0.2, 0.25) is 0 Å². The van der Waals surface area contributed by atoms with Crippen molar-refractivity contribution in [2.45, 2.75) is 6.42 Å². The maximum atomic E-state index is 5.51. The zero-order valence-electron chi connectivity index (χ0n) is 8.52. The predicted octanol–water partition coefficient (Wildman–Crippen LogP) is 1.93. The molecule has 0 bridgehead atoms. The van der Waals surface area contributed by atoms with Gasteiger partial charge in [-0.15, -0.1) is 0 Å². The number of nitrogens with zero attached hydrogens (tertiary/aromatic N) is 1. The van der Waals surface area contributed by atoms with Crippen LogP contribution in [0.25, 0.3) is 0 Å². The first-order valence-electron chi connectivity index (χ1n) is 5.08. The lowest BCUT2D eigenvalue weighted by atomic mass is 10.1. The molecule has 0 saturated carbocycles. The second kappa shape index (κ2) is 5.19. The summed E-state index contributed by atoms with van der Waals surface area (Å²) in [4.78, 5) is 4.53. The molecule has 3 nitrogen and oxygen atoms in total. The Bertz CT molecular complexity index is 331. The summed E-state index contributed by atoms with van der Waals surface area (Å²) in [5.74, 6) is 9.23. The molecular weight excluding hydrogens is 206 g/mol. The first kappa shape index (κ1) is 10.5. The normalized spacial score (nSPS) is 21.7. The lowest BCUT2D eigenvalue weighted by molar-refractivity contribution is 0.749. The Hall–Kier alpha value is -1.00. The van der Waals surface area contributed by atoms with Gasteiger partial charge in [-0.05, 0) is 24.3 Å². The molecular formula is C11H15N3S. The first-order valence-corrected chi connectivity index (χ1v) is 6.23. The Morgan fingerprint density at radius 2 is 2.20 bits per heavy atom. The van der Waals surface area contributed by atoms with Gasteiger partial charge in [0.1, 0.15) is 5.84 Å². The molecule has 1 aliphatic rings. The lowest BCUT2D eigenvalue weighted by Crippen LogP contribution is -2.36. The van der Waals surface area contributed by atoms with E-state index in [1.807, 2.05) is 42.1 Å². The van der Waals surface area contributed by atoms with Crippen molar-refractivity contribution in [1.29, 1.82) is 0 Å². The Morgan fingerprint density at radius 3 is 2.80 bits per heavy atom. The van der Waals surface area contributed by atoms with Gasteiger partial charge in [0.2, 0.25) is 0 Å². The number of thioether (sulfide) groups is 1. The van der Waals surface area contributed by atoms with Crippen LogP contribution < -0.4 is 11.3 Å². The highest BCUT2D eigenvalue weighted by molar-refractivity contribution is 7.99. The smallest absolute Gasteiger partial charge is 0.120 e. The molecule has 0 spiro atoms. The molecule has 1 atom stereocenters. The van der Waals surface area contributed by atoms with Gasteiger partial charge >= 0.3 is 0 Å². The van der Waals surface area contributed by atoms with E-state index in [4.69, 9.17) is 5.84 Å². The average molecular weight is 221 g/mol. The fourth-order valence-corrected chi connectivity index (χ4v) is 2.86. The van der Waals surface area contributed by atoms with Crippen LogP contribution in [0.15, 0.2) is 35.3 Å². The topological polar surface area (TPSA) is 50.4 Å². The van der Waals surface area contributed by atoms with Gasteiger partial charge in [-0.25, -0.2) is 10.8 Å². The third-order valence-electron chi connectivity index (χ3n) is 2.47. The quantitative estimate of drug-likeness (QED) is 0.347. The molecule has 0 aromatic heterocycles. The van der Waals surface area contributed by atoms with Crippen LogP contribution in [0.4, 0.5) is 5.69 Å². The van der Waals surface area contributed by atoms with Crippen LogP contribution in [-0.4, -0.2) is 17.3 Å². The molecule has 1 aromatic rings. The van der Waals surface area contributed by atoms with Crippen LogP contribution in [-0.2, 0) is 0 Å². The van der Waals surface area contributed by atoms with Crippen molar-refractivity contribution in [1.82, 2.24) is 5.43 Å². The molecule has 3 N–H and O–H groups in total. The molecule has 15 heavy (non-hydrogen) atoms. The number of hydrogen-bond acceptors (Lipinski definition) is 3. The number of rotatable bonds is 2. The van der Waals surface area contributed by atoms with Crippen LogP contribution in [0.3, 0.4) is 0 Å². The first-order chi connectivity index (χ1) is 7.40. The van der Waals surface area contributed by atoms with E-state index in [1.165, 1.54) is 12.2 Å². The molecule has 0 amide bonds. The van der Waals surface area contributed by atoms with E-state index in [9.17, 15) is 0 Å². The highest BCUT2D eigenvalue weighted by Crippen LogP contribution is 2.25.